The molecule has 0 radical (unpaired) electrons. The van der Waals surface area contributed by atoms with Crippen LogP contribution in [0, 0.1) is 0 Å². The molecule has 0 aliphatic carbocycles. The number of carboxylic acids is 1. The van der Waals surface area contributed by atoms with Crippen molar-refractivity contribution in [2.24, 2.45) is 0 Å². The Hall–Kier alpha value is -0.570. The van der Waals surface area contributed by atoms with Gasteiger partial charge in [0.1, 0.15) is 0 Å². The molecule has 1 N–H and O–H groups in total. The second-order valence-corrected chi connectivity index (χ2v) is 5.99. The first kappa shape index (κ1) is 19.4. The monoisotopic (exact) mass is 286 g/mol. The van der Waals surface area contributed by atoms with E-state index in [1.807, 2.05) is 0 Å². The highest BCUT2D eigenvalue weighted by Gasteiger charge is 2.19. The molecule has 3 heteroatoms. The van der Waals surface area contributed by atoms with Crippen molar-refractivity contribution in [2.75, 3.05) is 26.2 Å². The maximum atomic E-state index is 10.4. The van der Waals surface area contributed by atoms with Crippen molar-refractivity contribution in [3.63, 3.8) is 0 Å². The maximum absolute atomic E-state index is 10.4. The highest BCUT2D eigenvalue weighted by atomic mass is 16.4. The number of hydrogen-bond acceptors (Lipinski definition) is 1. The Morgan fingerprint density at radius 3 is 1.55 bits per heavy atom. The summed E-state index contributed by atoms with van der Waals surface area (Å²) in [5.41, 5.74) is 0. The van der Waals surface area contributed by atoms with Gasteiger partial charge in [-0.2, -0.15) is 0 Å². The van der Waals surface area contributed by atoms with E-state index in [4.69, 9.17) is 5.11 Å². The first-order valence-corrected chi connectivity index (χ1v) is 8.67. The van der Waals surface area contributed by atoms with E-state index in [0.29, 0.717) is 6.42 Å². The molecule has 0 aliphatic heterocycles. The molecule has 0 aliphatic rings. The molecule has 0 aromatic heterocycles. The summed E-state index contributed by atoms with van der Waals surface area (Å²) >= 11 is 0. The summed E-state index contributed by atoms with van der Waals surface area (Å²) in [6.45, 7) is 12.0. The summed E-state index contributed by atoms with van der Waals surface area (Å²) in [7, 11) is 0. The molecule has 0 saturated heterocycles. The summed E-state index contributed by atoms with van der Waals surface area (Å²) in [5.74, 6) is -0.658. The third kappa shape index (κ3) is 9.35. The lowest BCUT2D eigenvalue weighted by Gasteiger charge is -2.35. The lowest BCUT2D eigenvalue weighted by Crippen LogP contribution is -2.48. The van der Waals surface area contributed by atoms with Crippen molar-refractivity contribution in [3.05, 3.63) is 0 Å². The van der Waals surface area contributed by atoms with Gasteiger partial charge in [0, 0.05) is 6.42 Å². The Labute approximate surface area is 126 Å². The van der Waals surface area contributed by atoms with E-state index >= 15 is 0 Å². The number of unbranched alkanes of at least 4 members (excludes halogenated alkanes) is 7. The van der Waals surface area contributed by atoms with Gasteiger partial charge in [0.2, 0.25) is 0 Å². The van der Waals surface area contributed by atoms with E-state index in [-0.39, 0.29) is 0 Å². The third-order valence-electron chi connectivity index (χ3n) is 4.79. The fourth-order valence-corrected chi connectivity index (χ4v) is 2.93. The first-order chi connectivity index (χ1) is 9.60. The molecule has 0 aromatic rings. The molecular formula is C17H36NO2+. The Bertz CT molecular complexity index is 229. The second-order valence-electron chi connectivity index (χ2n) is 5.99. The molecule has 0 amide bonds. The van der Waals surface area contributed by atoms with Crippen molar-refractivity contribution < 1.29 is 14.4 Å². The van der Waals surface area contributed by atoms with Crippen molar-refractivity contribution in [1.82, 2.24) is 0 Å². The lowest BCUT2D eigenvalue weighted by molar-refractivity contribution is -0.923. The standard InChI is InChI=1S/C17H35NO2/c1-4-18(5-2,6-3)16-14-12-10-8-7-9-11-13-15-17(19)20/h4-16H2,1-3H3/p+1. The molecule has 0 unspecified atom stereocenters. The van der Waals surface area contributed by atoms with Gasteiger partial charge < -0.3 is 9.59 Å². The van der Waals surface area contributed by atoms with Crippen molar-refractivity contribution in [2.45, 2.75) is 78.6 Å². The van der Waals surface area contributed by atoms with Gasteiger partial charge in [-0.1, -0.05) is 32.1 Å². The van der Waals surface area contributed by atoms with Crippen LogP contribution in [-0.4, -0.2) is 41.7 Å². The van der Waals surface area contributed by atoms with Gasteiger partial charge in [-0.3, -0.25) is 4.79 Å². The van der Waals surface area contributed by atoms with Gasteiger partial charge in [0.25, 0.3) is 0 Å². The predicted octanol–water partition coefficient (Wildman–Crippen LogP) is 4.46. The zero-order valence-electron chi connectivity index (χ0n) is 14.0. The van der Waals surface area contributed by atoms with Crippen molar-refractivity contribution in [1.29, 1.82) is 0 Å². The van der Waals surface area contributed by atoms with Crippen LogP contribution in [0.15, 0.2) is 0 Å². The largest absolute Gasteiger partial charge is 0.481 e. The van der Waals surface area contributed by atoms with E-state index in [9.17, 15) is 4.79 Å². The topological polar surface area (TPSA) is 37.3 Å². The maximum Gasteiger partial charge on any atom is 0.303 e. The van der Waals surface area contributed by atoms with Gasteiger partial charge >= 0.3 is 5.97 Å². The molecule has 120 valence electrons. The van der Waals surface area contributed by atoms with E-state index in [1.165, 1.54) is 69.2 Å². The van der Waals surface area contributed by atoms with E-state index in [2.05, 4.69) is 20.8 Å². The van der Waals surface area contributed by atoms with Crippen LogP contribution in [-0.2, 0) is 4.79 Å². The predicted molar refractivity (Wildman–Crippen MR) is 85.9 cm³/mol. The SMILES string of the molecule is CC[N+](CC)(CC)CCCCCCCCCCC(=O)O. The Morgan fingerprint density at radius 2 is 1.15 bits per heavy atom. The van der Waals surface area contributed by atoms with Gasteiger partial charge in [-0.15, -0.1) is 0 Å². The number of carbonyl (C=O) groups is 1. The van der Waals surface area contributed by atoms with E-state index < -0.39 is 5.97 Å². The molecule has 0 atom stereocenters. The molecule has 0 rings (SSSR count). The summed E-state index contributed by atoms with van der Waals surface area (Å²) in [6.07, 6.45) is 10.1. The second kappa shape index (κ2) is 12.2. The number of hydrogen-bond donors (Lipinski definition) is 1. The number of rotatable bonds is 14. The average Bonchev–Trinajstić information content (AvgIpc) is 2.45. The van der Waals surface area contributed by atoms with Crippen LogP contribution in [0.4, 0.5) is 0 Å². The van der Waals surface area contributed by atoms with Gasteiger partial charge in [-0.25, -0.2) is 0 Å². The quantitative estimate of drug-likeness (QED) is 0.378. The number of carboxylic acid groups (broad SMARTS) is 1. The molecule has 0 spiro atoms. The molecule has 0 aromatic carbocycles. The molecule has 0 fully saturated rings. The minimum absolute atomic E-state index is 0.338. The summed E-state index contributed by atoms with van der Waals surface area (Å²) < 4.78 is 1.27. The average molecular weight is 286 g/mol. The highest BCUT2D eigenvalue weighted by Crippen LogP contribution is 2.13. The van der Waals surface area contributed by atoms with Gasteiger partial charge in [0.15, 0.2) is 0 Å². The van der Waals surface area contributed by atoms with Crippen LogP contribution in [0.25, 0.3) is 0 Å². The number of nitrogens with zero attached hydrogens (tertiary/aromatic N) is 1. The van der Waals surface area contributed by atoms with Crippen molar-refractivity contribution >= 4 is 5.97 Å². The Balaban J connectivity index is 3.38. The van der Waals surface area contributed by atoms with Crippen LogP contribution in [0.3, 0.4) is 0 Å². The molecule has 3 nitrogen and oxygen atoms in total. The Morgan fingerprint density at radius 1 is 0.750 bits per heavy atom. The minimum Gasteiger partial charge on any atom is -0.481 e. The zero-order valence-corrected chi connectivity index (χ0v) is 14.0. The lowest BCUT2D eigenvalue weighted by atomic mass is 10.1. The summed E-state index contributed by atoms with van der Waals surface area (Å²) in [5, 5.41) is 8.54. The van der Waals surface area contributed by atoms with E-state index in [1.54, 1.807) is 0 Å². The minimum atomic E-state index is -0.658. The molecule has 0 heterocycles. The van der Waals surface area contributed by atoms with Gasteiger partial charge in [-0.05, 0) is 40.0 Å². The van der Waals surface area contributed by atoms with Crippen LogP contribution in [0.5, 0.6) is 0 Å². The third-order valence-corrected chi connectivity index (χ3v) is 4.79. The van der Waals surface area contributed by atoms with Crippen LogP contribution >= 0.6 is 0 Å². The molecule has 0 bridgehead atoms. The smallest absolute Gasteiger partial charge is 0.303 e. The van der Waals surface area contributed by atoms with Crippen LogP contribution in [0.1, 0.15) is 78.6 Å². The molecule has 20 heavy (non-hydrogen) atoms. The summed E-state index contributed by atoms with van der Waals surface area (Å²) in [6, 6.07) is 0. The van der Waals surface area contributed by atoms with Gasteiger partial charge in [0.05, 0.1) is 26.2 Å². The summed E-state index contributed by atoms with van der Waals surface area (Å²) in [4.78, 5) is 10.4. The molecule has 0 saturated carbocycles. The number of aliphatic carboxylic acids is 1. The fraction of sp³-hybridized carbons (Fsp3) is 0.941. The van der Waals surface area contributed by atoms with Crippen molar-refractivity contribution in [3.8, 4) is 0 Å². The highest BCUT2D eigenvalue weighted by molar-refractivity contribution is 5.66. The zero-order chi connectivity index (χ0) is 15.3. The first-order valence-electron chi connectivity index (χ1n) is 8.67. The number of quaternary nitrogens is 1. The van der Waals surface area contributed by atoms with Crippen LogP contribution in [0.2, 0.25) is 0 Å². The molecular weight excluding hydrogens is 250 g/mol. The normalized spacial score (nSPS) is 11.8. The van der Waals surface area contributed by atoms with Crippen LogP contribution < -0.4 is 0 Å². The van der Waals surface area contributed by atoms with E-state index in [0.717, 1.165) is 12.8 Å². The fourth-order valence-electron chi connectivity index (χ4n) is 2.93. The Kier molecular flexibility index (Phi) is 11.8.